The van der Waals surface area contributed by atoms with E-state index in [1.54, 1.807) is 0 Å². The Morgan fingerprint density at radius 3 is 2.80 bits per heavy atom. The first-order chi connectivity index (χ1) is 11.7. The van der Waals surface area contributed by atoms with Crippen LogP contribution in [0.5, 0.6) is 0 Å². The molecule has 0 spiro atoms. The monoisotopic (exact) mass is 366 g/mol. The van der Waals surface area contributed by atoms with Gasteiger partial charge < -0.3 is 15.4 Å². The fourth-order valence-corrected chi connectivity index (χ4v) is 4.01. The third-order valence-electron chi connectivity index (χ3n) is 5.44. The Bertz CT molecular complexity index is 512. The molecule has 1 aromatic rings. The Balaban J connectivity index is 0.00000225. The maximum Gasteiger partial charge on any atom is 0.237 e. The molecule has 4 nitrogen and oxygen atoms in total. The van der Waals surface area contributed by atoms with E-state index in [1.807, 2.05) is 18.2 Å². The van der Waals surface area contributed by atoms with Gasteiger partial charge in [-0.3, -0.25) is 4.79 Å². The second-order valence-electron chi connectivity index (χ2n) is 7.17. The molecule has 140 valence electrons. The van der Waals surface area contributed by atoms with E-state index in [1.165, 1.54) is 31.2 Å². The van der Waals surface area contributed by atoms with Gasteiger partial charge in [0.25, 0.3) is 0 Å². The highest BCUT2D eigenvalue weighted by molar-refractivity contribution is 5.85. The number of amides is 1. The smallest absolute Gasteiger partial charge is 0.237 e. The van der Waals surface area contributed by atoms with Gasteiger partial charge in [-0.25, -0.2) is 0 Å². The van der Waals surface area contributed by atoms with Crippen LogP contribution in [0.4, 0.5) is 0 Å². The number of rotatable bonds is 7. The minimum absolute atomic E-state index is 0. The van der Waals surface area contributed by atoms with Crippen LogP contribution in [-0.4, -0.2) is 31.1 Å². The molecule has 1 aliphatic heterocycles. The van der Waals surface area contributed by atoms with Crippen molar-refractivity contribution in [1.82, 2.24) is 10.6 Å². The maximum atomic E-state index is 12.3. The van der Waals surface area contributed by atoms with Crippen molar-refractivity contribution >= 4 is 18.3 Å². The number of hydrogen-bond acceptors (Lipinski definition) is 3. The van der Waals surface area contributed by atoms with Crippen molar-refractivity contribution in [3.8, 4) is 0 Å². The first kappa shape index (κ1) is 20.2. The molecule has 2 N–H and O–H groups in total. The van der Waals surface area contributed by atoms with Crippen LogP contribution in [0.2, 0.25) is 0 Å². The minimum Gasteiger partial charge on any atom is -0.374 e. The molecule has 2 fully saturated rings. The van der Waals surface area contributed by atoms with E-state index >= 15 is 0 Å². The third-order valence-corrected chi connectivity index (χ3v) is 5.44. The predicted molar refractivity (Wildman–Crippen MR) is 103 cm³/mol. The van der Waals surface area contributed by atoms with Crippen molar-refractivity contribution in [3.05, 3.63) is 35.9 Å². The first-order valence-corrected chi connectivity index (χ1v) is 9.44. The van der Waals surface area contributed by atoms with Gasteiger partial charge in [0, 0.05) is 19.2 Å². The standard InChI is InChI=1S/C20H30N2O2.ClH/c1-15(16-8-3-2-4-9-16)24-13-7-12-21-20(23)19-14-17-10-5-6-11-18(17)22-19;/h2-4,8-9,15,17-19,22H,5-7,10-14H2,1H3,(H,21,23);1H. The van der Waals surface area contributed by atoms with Gasteiger partial charge in [-0.1, -0.05) is 43.2 Å². The van der Waals surface area contributed by atoms with Crippen LogP contribution in [0, 0.1) is 5.92 Å². The largest absolute Gasteiger partial charge is 0.374 e. The van der Waals surface area contributed by atoms with Crippen molar-refractivity contribution in [2.24, 2.45) is 5.92 Å². The highest BCUT2D eigenvalue weighted by Crippen LogP contribution is 2.33. The molecular formula is C20H31ClN2O2. The fraction of sp³-hybridized carbons (Fsp3) is 0.650. The molecule has 0 bridgehead atoms. The highest BCUT2D eigenvalue weighted by Gasteiger charge is 2.37. The number of benzene rings is 1. The van der Waals surface area contributed by atoms with E-state index in [9.17, 15) is 4.79 Å². The molecule has 0 radical (unpaired) electrons. The van der Waals surface area contributed by atoms with E-state index in [4.69, 9.17) is 4.74 Å². The van der Waals surface area contributed by atoms with Gasteiger partial charge in [-0.05, 0) is 44.1 Å². The third kappa shape index (κ3) is 5.70. The molecule has 1 amide bonds. The van der Waals surface area contributed by atoms with Gasteiger partial charge in [0.15, 0.2) is 0 Å². The zero-order chi connectivity index (χ0) is 16.8. The number of nitrogens with one attached hydrogen (secondary N) is 2. The second kappa shape index (κ2) is 10.1. The summed E-state index contributed by atoms with van der Waals surface area (Å²) in [7, 11) is 0. The van der Waals surface area contributed by atoms with Crippen LogP contribution >= 0.6 is 12.4 Å². The molecule has 25 heavy (non-hydrogen) atoms. The zero-order valence-electron chi connectivity index (χ0n) is 15.1. The van der Waals surface area contributed by atoms with Crippen molar-refractivity contribution in [2.75, 3.05) is 13.2 Å². The molecule has 5 heteroatoms. The normalized spacial score (nSPS) is 26.4. The summed E-state index contributed by atoms with van der Waals surface area (Å²) in [5.74, 6) is 0.880. The summed E-state index contributed by atoms with van der Waals surface area (Å²) >= 11 is 0. The van der Waals surface area contributed by atoms with Gasteiger partial charge in [-0.15, -0.1) is 12.4 Å². The van der Waals surface area contributed by atoms with Crippen LogP contribution in [0.15, 0.2) is 30.3 Å². The summed E-state index contributed by atoms with van der Waals surface area (Å²) in [4.78, 5) is 12.3. The molecule has 1 aliphatic carbocycles. The number of carbonyl (C=O) groups is 1. The van der Waals surface area contributed by atoms with Crippen molar-refractivity contribution < 1.29 is 9.53 Å². The lowest BCUT2D eigenvalue weighted by Crippen LogP contribution is -2.43. The van der Waals surface area contributed by atoms with Crippen molar-refractivity contribution in [2.45, 2.75) is 63.6 Å². The van der Waals surface area contributed by atoms with Crippen LogP contribution in [0.25, 0.3) is 0 Å². The average molecular weight is 367 g/mol. The van der Waals surface area contributed by atoms with E-state index in [2.05, 4.69) is 29.7 Å². The van der Waals surface area contributed by atoms with Crippen LogP contribution in [-0.2, 0) is 9.53 Å². The Labute approximate surface area is 157 Å². The quantitative estimate of drug-likeness (QED) is 0.725. The molecule has 4 atom stereocenters. The Morgan fingerprint density at radius 2 is 2.04 bits per heavy atom. The van der Waals surface area contributed by atoms with E-state index < -0.39 is 0 Å². The van der Waals surface area contributed by atoms with Crippen molar-refractivity contribution in [1.29, 1.82) is 0 Å². The molecule has 1 aromatic carbocycles. The lowest BCUT2D eigenvalue weighted by atomic mass is 9.85. The van der Waals surface area contributed by atoms with Gasteiger partial charge in [0.2, 0.25) is 5.91 Å². The molecule has 1 saturated carbocycles. The SMILES string of the molecule is CC(OCCCNC(=O)C1CC2CCCCC2N1)c1ccccc1.Cl. The van der Waals surface area contributed by atoms with Gasteiger partial charge in [-0.2, -0.15) is 0 Å². The van der Waals surface area contributed by atoms with Crippen LogP contribution in [0.3, 0.4) is 0 Å². The summed E-state index contributed by atoms with van der Waals surface area (Å²) in [6, 6.07) is 10.8. The van der Waals surface area contributed by atoms with Gasteiger partial charge in [0.05, 0.1) is 12.1 Å². The topological polar surface area (TPSA) is 50.4 Å². The highest BCUT2D eigenvalue weighted by atomic mass is 35.5. The summed E-state index contributed by atoms with van der Waals surface area (Å²) in [6.45, 7) is 3.42. The van der Waals surface area contributed by atoms with Gasteiger partial charge in [0.1, 0.15) is 0 Å². The van der Waals surface area contributed by atoms with Gasteiger partial charge >= 0.3 is 0 Å². The summed E-state index contributed by atoms with van der Waals surface area (Å²) < 4.78 is 5.85. The molecule has 2 aliphatic rings. The van der Waals surface area contributed by atoms with E-state index in [-0.39, 0.29) is 30.5 Å². The van der Waals surface area contributed by atoms with E-state index in [0.717, 1.165) is 12.8 Å². The minimum atomic E-state index is 0. The predicted octanol–water partition coefficient (Wildman–Crippen LogP) is 3.61. The first-order valence-electron chi connectivity index (χ1n) is 9.44. The van der Waals surface area contributed by atoms with Crippen LogP contribution in [0.1, 0.15) is 57.1 Å². The summed E-state index contributed by atoms with van der Waals surface area (Å²) in [5, 5.41) is 6.60. The average Bonchev–Trinajstić information content (AvgIpc) is 3.06. The number of hydrogen-bond donors (Lipinski definition) is 2. The van der Waals surface area contributed by atoms with E-state index in [0.29, 0.717) is 25.1 Å². The fourth-order valence-electron chi connectivity index (χ4n) is 4.01. The molecule has 0 aromatic heterocycles. The Morgan fingerprint density at radius 1 is 1.28 bits per heavy atom. The molecule has 4 unspecified atom stereocenters. The second-order valence-corrected chi connectivity index (χ2v) is 7.17. The summed E-state index contributed by atoms with van der Waals surface area (Å²) in [5.41, 5.74) is 1.19. The molecule has 1 saturated heterocycles. The maximum absolute atomic E-state index is 12.3. The zero-order valence-corrected chi connectivity index (χ0v) is 15.9. The number of fused-ring (bicyclic) bond motifs is 1. The molecular weight excluding hydrogens is 336 g/mol. The number of ether oxygens (including phenoxy) is 1. The summed E-state index contributed by atoms with van der Waals surface area (Å²) in [6.07, 6.45) is 7.11. The lowest BCUT2D eigenvalue weighted by Gasteiger charge is -2.24. The number of halogens is 1. The molecule has 3 rings (SSSR count). The molecule has 1 heterocycles. The lowest BCUT2D eigenvalue weighted by molar-refractivity contribution is -0.122. The number of carbonyl (C=O) groups excluding carboxylic acids is 1. The Hall–Kier alpha value is -1.10. The van der Waals surface area contributed by atoms with Crippen LogP contribution < -0.4 is 10.6 Å². The Kier molecular flexibility index (Phi) is 8.20. The van der Waals surface area contributed by atoms with Crippen molar-refractivity contribution in [3.63, 3.8) is 0 Å².